The van der Waals surface area contributed by atoms with Gasteiger partial charge in [0, 0.05) is 6.54 Å². The molecule has 0 unspecified atom stereocenters. The highest BCUT2D eigenvalue weighted by Crippen LogP contribution is 2.27. The fourth-order valence-corrected chi connectivity index (χ4v) is 2.47. The van der Waals surface area contributed by atoms with Crippen molar-refractivity contribution < 1.29 is 8.81 Å². The van der Waals surface area contributed by atoms with Crippen molar-refractivity contribution in [3.63, 3.8) is 0 Å². The summed E-state index contributed by atoms with van der Waals surface area (Å²) in [6.45, 7) is 2.45. The van der Waals surface area contributed by atoms with Gasteiger partial charge in [0.2, 0.25) is 5.58 Å². The number of nitrogens with zero attached hydrogens (tertiary/aromatic N) is 1. The summed E-state index contributed by atoms with van der Waals surface area (Å²) in [7, 11) is 0. The normalized spacial score (nSPS) is 11.5. The molecule has 0 radical (unpaired) electrons. The molecule has 3 rings (SSSR count). The minimum Gasteiger partial charge on any atom is -0.448 e. The SMILES string of the molecule is CCCn1c(=S)[nH]c2c(oc3cccc(F)c32)c1=O. The van der Waals surface area contributed by atoms with E-state index in [2.05, 4.69) is 4.98 Å². The molecule has 1 aromatic carbocycles. The summed E-state index contributed by atoms with van der Waals surface area (Å²) in [5.74, 6) is -0.436. The number of H-pyrrole nitrogens is 1. The third kappa shape index (κ3) is 1.71. The number of rotatable bonds is 2. The van der Waals surface area contributed by atoms with E-state index >= 15 is 0 Å². The Morgan fingerprint density at radius 2 is 2.26 bits per heavy atom. The minimum absolute atomic E-state index is 0.113. The van der Waals surface area contributed by atoms with Gasteiger partial charge in [-0.25, -0.2) is 4.39 Å². The van der Waals surface area contributed by atoms with Gasteiger partial charge in [-0.05, 0) is 30.8 Å². The number of nitrogens with one attached hydrogen (secondary N) is 1. The molecule has 1 N–H and O–H groups in total. The van der Waals surface area contributed by atoms with Crippen LogP contribution in [0.3, 0.4) is 0 Å². The Morgan fingerprint density at radius 1 is 1.47 bits per heavy atom. The van der Waals surface area contributed by atoms with E-state index in [1.807, 2.05) is 6.92 Å². The smallest absolute Gasteiger partial charge is 0.297 e. The van der Waals surface area contributed by atoms with Gasteiger partial charge in [-0.2, -0.15) is 0 Å². The van der Waals surface area contributed by atoms with Gasteiger partial charge in [-0.1, -0.05) is 13.0 Å². The molecule has 19 heavy (non-hydrogen) atoms. The van der Waals surface area contributed by atoms with Crippen molar-refractivity contribution in [3.8, 4) is 0 Å². The quantitative estimate of drug-likeness (QED) is 0.731. The van der Waals surface area contributed by atoms with Gasteiger partial charge >= 0.3 is 0 Å². The van der Waals surface area contributed by atoms with Gasteiger partial charge in [0.15, 0.2) is 4.77 Å². The Labute approximate surface area is 112 Å². The standard InChI is InChI=1S/C13H11FN2O2S/c1-2-6-16-12(17)11-10(15-13(16)19)9-7(14)4-3-5-8(9)18-11/h3-5H,2,6H2,1H3,(H,15,19). The van der Waals surface area contributed by atoms with Crippen LogP contribution in [0.4, 0.5) is 4.39 Å². The average molecular weight is 278 g/mol. The van der Waals surface area contributed by atoms with E-state index in [1.54, 1.807) is 12.1 Å². The van der Waals surface area contributed by atoms with Crippen LogP contribution in [0.25, 0.3) is 22.1 Å². The Bertz CT molecular complexity index is 891. The highest BCUT2D eigenvalue weighted by atomic mass is 32.1. The Kier molecular flexibility index (Phi) is 2.74. The lowest BCUT2D eigenvalue weighted by atomic mass is 10.2. The predicted molar refractivity (Wildman–Crippen MR) is 73.4 cm³/mol. The molecule has 0 aliphatic heterocycles. The molecule has 0 aliphatic rings. The van der Waals surface area contributed by atoms with Crippen LogP contribution in [0.15, 0.2) is 27.4 Å². The highest BCUT2D eigenvalue weighted by Gasteiger charge is 2.16. The Hall–Kier alpha value is -1.95. The molecule has 0 saturated heterocycles. The lowest BCUT2D eigenvalue weighted by molar-refractivity contribution is 0.606. The maximum absolute atomic E-state index is 13.8. The van der Waals surface area contributed by atoms with Gasteiger partial charge in [-0.3, -0.25) is 9.36 Å². The summed E-state index contributed by atoms with van der Waals surface area (Å²) in [4.78, 5) is 15.2. The molecule has 0 spiro atoms. The second-order valence-electron chi connectivity index (χ2n) is 4.31. The lowest BCUT2D eigenvalue weighted by Crippen LogP contribution is -2.21. The second-order valence-corrected chi connectivity index (χ2v) is 4.69. The minimum atomic E-state index is -0.436. The maximum atomic E-state index is 13.8. The van der Waals surface area contributed by atoms with Gasteiger partial charge in [-0.15, -0.1) is 0 Å². The highest BCUT2D eigenvalue weighted by molar-refractivity contribution is 7.71. The van der Waals surface area contributed by atoms with Crippen molar-refractivity contribution >= 4 is 34.3 Å². The largest absolute Gasteiger partial charge is 0.448 e. The topological polar surface area (TPSA) is 50.9 Å². The number of aromatic nitrogens is 2. The zero-order chi connectivity index (χ0) is 13.6. The zero-order valence-corrected chi connectivity index (χ0v) is 11.0. The van der Waals surface area contributed by atoms with Gasteiger partial charge in [0.1, 0.15) is 16.9 Å². The summed E-state index contributed by atoms with van der Waals surface area (Å²) in [5, 5.41) is 0.268. The molecule has 0 bridgehead atoms. The number of halogens is 1. The summed E-state index contributed by atoms with van der Waals surface area (Å²) in [6.07, 6.45) is 0.775. The summed E-state index contributed by atoms with van der Waals surface area (Å²) in [5.41, 5.74) is 0.459. The average Bonchev–Trinajstić information content (AvgIpc) is 2.75. The van der Waals surface area contributed by atoms with Crippen molar-refractivity contribution in [2.75, 3.05) is 0 Å². The van der Waals surface area contributed by atoms with E-state index in [0.717, 1.165) is 6.42 Å². The molecule has 0 aliphatic carbocycles. The predicted octanol–water partition coefficient (Wildman–Crippen LogP) is 3.35. The van der Waals surface area contributed by atoms with Crippen LogP contribution in [-0.2, 0) is 6.54 Å². The molecule has 3 aromatic rings. The van der Waals surface area contributed by atoms with Gasteiger partial charge < -0.3 is 9.40 Å². The van der Waals surface area contributed by atoms with Crippen molar-refractivity contribution in [1.29, 1.82) is 0 Å². The van der Waals surface area contributed by atoms with E-state index in [-0.39, 0.29) is 21.3 Å². The van der Waals surface area contributed by atoms with E-state index in [0.29, 0.717) is 17.6 Å². The number of furan rings is 1. The summed E-state index contributed by atoms with van der Waals surface area (Å²) >= 11 is 5.15. The number of benzene rings is 1. The van der Waals surface area contributed by atoms with Crippen molar-refractivity contribution in [2.24, 2.45) is 0 Å². The van der Waals surface area contributed by atoms with Gasteiger partial charge in [0.05, 0.1) is 5.39 Å². The molecule has 0 atom stereocenters. The Morgan fingerprint density at radius 3 is 3.00 bits per heavy atom. The third-order valence-corrected chi connectivity index (χ3v) is 3.35. The molecule has 0 fully saturated rings. The van der Waals surface area contributed by atoms with Crippen molar-refractivity contribution in [2.45, 2.75) is 19.9 Å². The number of hydrogen-bond acceptors (Lipinski definition) is 3. The van der Waals surface area contributed by atoms with Crippen molar-refractivity contribution in [1.82, 2.24) is 9.55 Å². The lowest BCUT2D eigenvalue weighted by Gasteiger charge is -2.03. The number of fused-ring (bicyclic) bond motifs is 3. The molecule has 98 valence electrons. The van der Waals surface area contributed by atoms with Crippen LogP contribution in [0, 0.1) is 10.6 Å². The molecule has 0 saturated carbocycles. The second kappa shape index (κ2) is 4.31. The Balaban J connectivity index is 2.53. The summed E-state index contributed by atoms with van der Waals surface area (Å²) in [6, 6.07) is 4.49. The van der Waals surface area contributed by atoms with Crippen LogP contribution in [0.2, 0.25) is 0 Å². The zero-order valence-electron chi connectivity index (χ0n) is 10.2. The van der Waals surface area contributed by atoms with Crippen LogP contribution in [0.1, 0.15) is 13.3 Å². The van der Waals surface area contributed by atoms with E-state index < -0.39 is 5.82 Å². The first-order valence-corrected chi connectivity index (χ1v) is 6.38. The third-order valence-electron chi connectivity index (χ3n) is 3.03. The van der Waals surface area contributed by atoms with Crippen LogP contribution in [-0.4, -0.2) is 9.55 Å². The maximum Gasteiger partial charge on any atom is 0.297 e. The van der Waals surface area contributed by atoms with Gasteiger partial charge in [0.25, 0.3) is 5.56 Å². The van der Waals surface area contributed by atoms with Crippen LogP contribution in [0.5, 0.6) is 0 Å². The van der Waals surface area contributed by atoms with E-state index in [9.17, 15) is 9.18 Å². The monoisotopic (exact) mass is 278 g/mol. The molecule has 2 aromatic heterocycles. The first-order valence-electron chi connectivity index (χ1n) is 5.97. The molecular formula is C13H11FN2O2S. The molecule has 4 nitrogen and oxygen atoms in total. The van der Waals surface area contributed by atoms with Crippen LogP contribution < -0.4 is 5.56 Å². The first-order chi connectivity index (χ1) is 9.13. The number of hydrogen-bond donors (Lipinski definition) is 1. The molecular weight excluding hydrogens is 267 g/mol. The molecule has 2 heterocycles. The fraction of sp³-hybridized carbons (Fsp3) is 0.231. The first kappa shape index (κ1) is 12.1. The number of aromatic amines is 1. The molecule has 0 amide bonds. The van der Waals surface area contributed by atoms with E-state index in [4.69, 9.17) is 16.6 Å². The fourth-order valence-electron chi connectivity index (χ4n) is 2.19. The van der Waals surface area contributed by atoms with Crippen LogP contribution >= 0.6 is 12.2 Å². The summed E-state index contributed by atoms with van der Waals surface area (Å²) < 4.78 is 21.0. The van der Waals surface area contributed by atoms with E-state index in [1.165, 1.54) is 10.6 Å². The molecule has 6 heteroatoms. The van der Waals surface area contributed by atoms with Crippen molar-refractivity contribution in [3.05, 3.63) is 39.1 Å².